The molecule has 1 heterocycles. The van der Waals surface area contributed by atoms with Gasteiger partial charge >= 0.3 is 0 Å². The molecule has 0 saturated heterocycles. The van der Waals surface area contributed by atoms with E-state index in [4.69, 9.17) is 0 Å². The highest BCUT2D eigenvalue weighted by atomic mass is 15.1. The van der Waals surface area contributed by atoms with E-state index >= 15 is 0 Å². The van der Waals surface area contributed by atoms with Gasteiger partial charge in [-0.2, -0.15) is 0 Å². The monoisotopic (exact) mass is 335 g/mol. The minimum atomic E-state index is -0.000301. The number of hydrogen-bond acceptors (Lipinski definition) is 1. The maximum atomic E-state index is 2.43. The second-order valence-electron chi connectivity index (χ2n) is 10.1. The second kappa shape index (κ2) is 5.37. The van der Waals surface area contributed by atoms with Crippen LogP contribution in [0.2, 0.25) is 0 Å². The zero-order valence-electron chi connectivity index (χ0n) is 17.4. The lowest BCUT2D eigenvalue weighted by molar-refractivity contribution is 0.572. The van der Waals surface area contributed by atoms with Crippen LogP contribution in [0.25, 0.3) is 0 Å². The molecular weight excluding hydrogens is 302 g/mol. The Morgan fingerprint density at radius 2 is 1.04 bits per heavy atom. The first-order valence-electron chi connectivity index (χ1n) is 9.37. The lowest BCUT2D eigenvalue weighted by atomic mass is 9.70. The molecule has 1 nitrogen and oxygen atoms in total. The van der Waals surface area contributed by atoms with Crippen molar-refractivity contribution in [2.75, 3.05) is 11.9 Å². The maximum absolute atomic E-state index is 2.43. The fraction of sp³-hybridized carbons (Fsp3) is 0.500. The van der Waals surface area contributed by atoms with Gasteiger partial charge in [-0.3, -0.25) is 0 Å². The molecule has 0 unspecified atom stereocenters. The molecule has 0 bridgehead atoms. The zero-order valence-corrected chi connectivity index (χ0v) is 17.4. The summed E-state index contributed by atoms with van der Waals surface area (Å²) in [5, 5.41) is 0. The van der Waals surface area contributed by atoms with E-state index in [1.807, 2.05) is 0 Å². The Hall–Kier alpha value is -1.76. The van der Waals surface area contributed by atoms with E-state index in [0.29, 0.717) is 0 Å². The third-order valence-corrected chi connectivity index (χ3v) is 5.79. The molecule has 134 valence electrons. The average Bonchev–Trinajstić information content (AvgIpc) is 2.50. The molecule has 2 aromatic rings. The van der Waals surface area contributed by atoms with Crippen LogP contribution in [-0.4, -0.2) is 7.05 Å². The summed E-state index contributed by atoms with van der Waals surface area (Å²) in [5.74, 6) is 0. The minimum Gasteiger partial charge on any atom is -0.344 e. The van der Waals surface area contributed by atoms with Crippen LogP contribution in [0.15, 0.2) is 36.4 Å². The van der Waals surface area contributed by atoms with Crippen LogP contribution in [0.4, 0.5) is 11.4 Å². The van der Waals surface area contributed by atoms with Gasteiger partial charge in [-0.1, -0.05) is 79.7 Å². The summed E-state index contributed by atoms with van der Waals surface area (Å²) in [6.07, 6.45) is 0. The summed E-state index contributed by atoms with van der Waals surface area (Å²) in [6, 6.07) is 14.0. The van der Waals surface area contributed by atoms with Gasteiger partial charge in [0.15, 0.2) is 0 Å². The van der Waals surface area contributed by atoms with Crippen molar-refractivity contribution in [3.05, 3.63) is 58.7 Å². The fourth-order valence-electron chi connectivity index (χ4n) is 3.87. The van der Waals surface area contributed by atoms with Gasteiger partial charge in [0.1, 0.15) is 0 Å². The molecule has 0 atom stereocenters. The number of fused-ring (bicyclic) bond motifs is 2. The van der Waals surface area contributed by atoms with Gasteiger partial charge in [0.05, 0.1) is 0 Å². The fourth-order valence-corrected chi connectivity index (χ4v) is 3.87. The van der Waals surface area contributed by atoms with Crippen LogP contribution < -0.4 is 4.90 Å². The first kappa shape index (κ1) is 18.0. The van der Waals surface area contributed by atoms with Crippen LogP contribution >= 0.6 is 0 Å². The van der Waals surface area contributed by atoms with Crippen LogP contribution in [0.5, 0.6) is 0 Å². The molecule has 0 amide bonds. The molecule has 0 aromatic heterocycles. The van der Waals surface area contributed by atoms with Crippen molar-refractivity contribution in [2.24, 2.45) is 0 Å². The number of hydrogen-bond donors (Lipinski definition) is 0. The van der Waals surface area contributed by atoms with Gasteiger partial charge in [-0.25, -0.2) is 0 Å². The molecule has 2 aromatic carbocycles. The van der Waals surface area contributed by atoms with Crippen LogP contribution in [0, 0.1) is 0 Å². The molecule has 0 spiro atoms. The molecule has 1 aliphatic rings. The minimum absolute atomic E-state index is 0.000301. The Bertz CT molecular complexity index is 745. The molecule has 0 fully saturated rings. The SMILES string of the molecule is CN1c2ccc(C(C)(C)C)cc2C(C)(C)c2cc(C(C)(C)C)ccc21. The van der Waals surface area contributed by atoms with Crippen molar-refractivity contribution in [2.45, 2.75) is 71.6 Å². The van der Waals surface area contributed by atoms with Crippen molar-refractivity contribution in [1.29, 1.82) is 0 Å². The quantitative estimate of drug-likeness (QED) is 0.518. The lowest BCUT2D eigenvalue weighted by Gasteiger charge is -2.42. The highest BCUT2D eigenvalue weighted by molar-refractivity contribution is 5.78. The first-order chi connectivity index (χ1) is 11.3. The maximum Gasteiger partial charge on any atom is 0.0449 e. The summed E-state index contributed by atoms with van der Waals surface area (Å²) in [4.78, 5) is 2.36. The Labute approximate surface area is 154 Å². The summed E-state index contributed by atoms with van der Waals surface area (Å²) in [7, 11) is 2.19. The second-order valence-corrected chi connectivity index (χ2v) is 10.1. The molecule has 25 heavy (non-hydrogen) atoms. The number of nitrogens with zero attached hydrogens (tertiary/aromatic N) is 1. The van der Waals surface area contributed by atoms with Crippen molar-refractivity contribution < 1.29 is 0 Å². The molecule has 1 aliphatic heterocycles. The standard InChI is InChI=1S/C24H33N/c1-22(2,3)16-10-12-20-18(14-16)24(7,8)19-15-17(23(4,5)6)11-13-21(19)25(20)9/h10-15H,1-9H3. The smallest absolute Gasteiger partial charge is 0.0449 e. The van der Waals surface area contributed by atoms with Crippen LogP contribution in [0.3, 0.4) is 0 Å². The highest BCUT2D eigenvalue weighted by Crippen LogP contribution is 2.49. The predicted molar refractivity (Wildman–Crippen MR) is 110 cm³/mol. The average molecular weight is 336 g/mol. The molecule has 0 aliphatic carbocycles. The van der Waals surface area contributed by atoms with E-state index in [0.717, 1.165) is 0 Å². The third-order valence-electron chi connectivity index (χ3n) is 5.79. The number of benzene rings is 2. The van der Waals surface area contributed by atoms with Crippen LogP contribution in [0.1, 0.15) is 77.6 Å². The summed E-state index contributed by atoms with van der Waals surface area (Å²) in [5.41, 5.74) is 8.66. The van der Waals surface area contributed by atoms with Crippen molar-refractivity contribution in [1.82, 2.24) is 0 Å². The molecule has 3 rings (SSSR count). The molecule has 0 saturated carbocycles. The van der Waals surface area contributed by atoms with Gasteiger partial charge in [-0.15, -0.1) is 0 Å². The Balaban J connectivity index is 2.24. The Morgan fingerprint density at radius 3 is 1.36 bits per heavy atom. The Kier molecular flexibility index (Phi) is 3.87. The molecule has 1 heteroatoms. The summed E-state index contributed by atoms with van der Waals surface area (Å²) >= 11 is 0. The van der Waals surface area contributed by atoms with E-state index in [-0.39, 0.29) is 16.2 Å². The van der Waals surface area contributed by atoms with E-state index in [2.05, 4.69) is 104 Å². The topological polar surface area (TPSA) is 3.24 Å². The zero-order chi connectivity index (χ0) is 18.8. The van der Waals surface area contributed by atoms with Crippen molar-refractivity contribution >= 4 is 11.4 Å². The van der Waals surface area contributed by atoms with E-state index in [9.17, 15) is 0 Å². The third kappa shape index (κ3) is 2.88. The van der Waals surface area contributed by atoms with Gasteiger partial charge in [0, 0.05) is 23.8 Å². The van der Waals surface area contributed by atoms with E-state index in [1.165, 1.54) is 33.6 Å². The van der Waals surface area contributed by atoms with Gasteiger partial charge in [0.2, 0.25) is 0 Å². The largest absolute Gasteiger partial charge is 0.344 e. The van der Waals surface area contributed by atoms with Crippen molar-refractivity contribution in [3.63, 3.8) is 0 Å². The van der Waals surface area contributed by atoms with E-state index < -0.39 is 0 Å². The van der Waals surface area contributed by atoms with Gasteiger partial charge < -0.3 is 4.90 Å². The summed E-state index contributed by atoms with van der Waals surface area (Å²) < 4.78 is 0. The highest BCUT2D eigenvalue weighted by Gasteiger charge is 2.36. The van der Waals surface area contributed by atoms with Crippen molar-refractivity contribution in [3.8, 4) is 0 Å². The Morgan fingerprint density at radius 1 is 0.680 bits per heavy atom. The van der Waals surface area contributed by atoms with Gasteiger partial charge in [0.25, 0.3) is 0 Å². The molecule has 0 N–H and O–H groups in total. The molecular formula is C24H33N. The number of anilines is 2. The van der Waals surface area contributed by atoms with E-state index in [1.54, 1.807) is 0 Å². The first-order valence-corrected chi connectivity index (χ1v) is 9.37. The van der Waals surface area contributed by atoms with Gasteiger partial charge in [-0.05, 0) is 45.2 Å². The lowest BCUT2D eigenvalue weighted by Crippen LogP contribution is -2.32. The van der Waals surface area contributed by atoms with Crippen LogP contribution in [-0.2, 0) is 16.2 Å². The summed E-state index contributed by atoms with van der Waals surface area (Å²) in [6.45, 7) is 18.5. The molecule has 0 radical (unpaired) electrons. The predicted octanol–water partition coefficient (Wildman–Crippen LogP) is 6.69. The number of rotatable bonds is 0. The normalized spacial score (nSPS) is 16.4.